The van der Waals surface area contributed by atoms with E-state index in [-0.39, 0.29) is 0 Å². The number of hydrazine groups is 1. The molecule has 1 aromatic carbocycles. The van der Waals surface area contributed by atoms with Crippen molar-refractivity contribution in [2.24, 2.45) is 22.6 Å². The van der Waals surface area contributed by atoms with Crippen LogP contribution in [0.1, 0.15) is 38.8 Å². The normalized spacial score (nSPS) is 22.8. The number of benzene rings is 1. The van der Waals surface area contributed by atoms with Gasteiger partial charge >= 0.3 is 0 Å². The zero-order chi connectivity index (χ0) is 13.6. The molecule has 3 N–H and O–H groups in total. The average molecular weight is 246 g/mol. The lowest BCUT2D eigenvalue weighted by Crippen LogP contribution is -2.40. The van der Waals surface area contributed by atoms with Gasteiger partial charge in [-0.05, 0) is 35.7 Å². The van der Waals surface area contributed by atoms with Gasteiger partial charge < -0.3 is 0 Å². The third kappa shape index (κ3) is 2.08. The summed E-state index contributed by atoms with van der Waals surface area (Å²) >= 11 is 0. The van der Waals surface area contributed by atoms with E-state index in [1.165, 1.54) is 11.1 Å². The summed E-state index contributed by atoms with van der Waals surface area (Å²) in [6, 6.07) is 9.07. The number of rotatable bonds is 4. The molecule has 1 atom stereocenters. The molecule has 0 saturated heterocycles. The molecule has 100 valence electrons. The van der Waals surface area contributed by atoms with Gasteiger partial charge in [0.1, 0.15) is 0 Å². The van der Waals surface area contributed by atoms with Crippen LogP contribution in [0.4, 0.5) is 0 Å². The molecular weight excluding hydrogens is 220 g/mol. The zero-order valence-electron chi connectivity index (χ0n) is 12.2. The molecule has 0 aliphatic heterocycles. The van der Waals surface area contributed by atoms with Crippen LogP contribution in [-0.4, -0.2) is 6.04 Å². The van der Waals surface area contributed by atoms with Crippen molar-refractivity contribution in [3.63, 3.8) is 0 Å². The van der Waals surface area contributed by atoms with E-state index in [9.17, 15) is 0 Å². The molecule has 0 aromatic heterocycles. The number of nitrogens with two attached hydrogens (primary N) is 1. The first-order valence-electron chi connectivity index (χ1n) is 6.82. The minimum Gasteiger partial charge on any atom is -0.271 e. The van der Waals surface area contributed by atoms with Crippen molar-refractivity contribution in [3.05, 3.63) is 35.4 Å². The quantitative estimate of drug-likeness (QED) is 0.633. The maximum Gasteiger partial charge on any atom is 0.0289 e. The van der Waals surface area contributed by atoms with E-state index in [4.69, 9.17) is 5.84 Å². The van der Waals surface area contributed by atoms with E-state index >= 15 is 0 Å². The molecule has 0 heterocycles. The summed E-state index contributed by atoms with van der Waals surface area (Å²) in [4.78, 5) is 0. The van der Waals surface area contributed by atoms with Crippen LogP contribution in [0, 0.1) is 23.7 Å². The fourth-order valence-electron chi connectivity index (χ4n) is 3.62. The molecule has 1 unspecified atom stereocenters. The van der Waals surface area contributed by atoms with Crippen LogP contribution in [0.3, 0.4) is 0 Å². The van der Waals surface area contributed by atoms with Gasteiger partial charge in [-0.15, -0.1) is 0 Å². The standard InChI is InChI=1S/C16H26N2/c1-11-7-6-8-12(9-11)10-13(18-17)14-15(2,3)16(14,4)5/h6-9,13-14,18H,10,17H2,1-5H3. The van der Waals surface area contributed by atoms with Crippen molar-refractivity contribution in [3.8, 4) is 0 Å². The van der Waals surface area contributed by atoms with E-state index in [0.29, 0.717) is 22.8 Å². The van der Waals surface area contributed by atoms with Crippen LogP contribution in [-0.2, 0) is 6.42 Å². The Morgan fingerprint density at radius 3 is 2.28 bits per heavy atom. The average Bonchev–Trinajstić information content (AvgIpc) is 2.67. The zero-order valence-corrected chi connectivity index (χ0v) is 12.2. The Hall–Kier alpha value is -0.860. The molecule has 0 radical (unpaired) electrons. The van der Waals surface area contributed by atoms with E-state index in [0.717, 1.165) is 6.42 Å². The topological polar surface area (TPSA) is 38.0 Å². The molecule has 0 bridgehead atoms. The second-order valence-electron chi connectivity index (χ2n) is 6.89. The van der Waals surface area contributed by atoms with Crippen LogP contribution in [0.2, 0.25) is 0 Å². The van der Waals surface area contributed by atoms with Gasteiger partial charge in [0.05, 0.1) is 0 Å². The van der Waals surface area contributed by atoms with Crippen molar-refractivity contribution in [1.29, 1.82) is 0 Å². The summed E-state index contributed by atoms with van der Waals surface area (Å²) in [7, 11) is 0. The van der Waals surface area contributed by atoms with Crippen LogP contribution in [0.5, 0.6) is 0 Å². The van der Waals surface area contributed by atoms with Crippen molar-refractivity contribution < 1.29 is 0 Å². The van der Waals surface area contributed by atoms with Crippen molar-refractivity contribution in [2.45, 2.75) is 47.1 Å². The Balaban J connectivity index is 2.13. The van der Waals surface area contributed by atoms with E-state index in [2.05, 4.69) is 64.3 Å². The smallest absolute Gasteiger partial charge is 0.0289 e. The number of nitrogens with one attached hydrogen (secondary N) is 1. The van der Waals surface area contributed by atoms with Crippen LogP contribution in [0.15, 0.2) is 24.3 Å². The van der Waals surface area contributed by atoms with Gasteiger partial charge in [-0.1, -0.05) is 57.5 Å². The fourth-order valence-corrected chi connectivity index (χ4v) is 3.62. The summed E-state index contributed by atoms with van der Waals surface area (Å²) in [6.07, 6.45) is 1.01. The Morgan fingerprint density at radius 1 is 1.22 bits per heavy atom. The van der Waals surface area contributed by atoms with Crippen LogP contribution in [0.25, 0.3) is 0 Å². The number of aryl methyl sites for hydroxylation is 1. The van der Waals surface area contributed by atoms with Gasteiger partial charge in [-0.3, -0.25) is 11.3 Å². The highest BCUT2D eigenvalue weighted by Gasteiger charge is 2.66. The lowest BCUT2D eigenvalue weighted by Gasteiger charge is -2.18. The summed E-state index contributed by atoms with van der Waals surface area (Å²) in [5, 5.41) is 0. The van der Waals surface area contributed by atoms with Crippen molar-refractivity contribution in [1.82, 2.24) is 5.43 Å². The number of hydrogen-bond donors (Lipinski definition) is 2. The molecule has 2 heteroatoms. The van der Waals surface area contributed by atoms with Gasteiger partial charge in [-0.2, -0.15) is 0 Å². The van der Waals surface area contributed by atoms with Crippen LogP contribution >= 0.6 is 0 Å². The molecule has 18 heavy (non-hydrogen) atoms. The molecule has 1 aromatic rings. The predicted molar refractivity (Wildman–Crippen MR) is 77.0 cm³/mol. The second kappa shape index (κ2) is 4.36. The molecular formula is C16H26N2. The van der Waals surface area contributed by atoms with Crippen molar-refractivity contribution in [2.75, 3.05) is 0 Å². The fraction of sp³-hybridized carbons (Fsp3) is 0.625. The summed E-state index contributed by atoms with van der Waals surface area (Å²) in [6.45, 7) is 11.5. The lowest BCUT2D eigenvalue weighted by molar-refractivity contribution is 0.402. The van der Waals surface area contributed by atoms with Gasteiger partial charge in [-0.25, -0.2) is 0 Å². The highest BCUT2D eigenvalue weighted by atomic mass is 15.2. The maximum atomic E-state index is 5.79. The Kier molecular flexibility index (Phi) is 3.28. The van der Waals surface area contributed by atoms with Gasteiger partial charge in [0.15, 0.2) is 0 Å². The molecule has 2 nitrogen and oxygen atoms in total. The highest BCUT2D eigenvalue weighted by Crippen LogP contribution is 2.69. The SMILES string of the molecule is Cc1cccc(CC(NN)C2C(C)(C)C2(C)C)c1. The third-order valence-electron chi connectivity index (χ3n) is 5.29. The molecule has 1 saturated carbocycles. The summed E-state index contributed by atoms with van der Waals surface area (Å²) in [5.74, 6) is 6.43. The Labute approximate surface area is 111 Å². The van der Waals surface area contributed by atoms with Gasteiger partial charge in [0.2, 0.25) is 0 Å². The second-order valence-corrected chi connectivity index (χ2v) is 6.89. The van der Waals surface area contributed by atoms with Crippen molar-refractivity contribution >= 4 is 0 Å². The van der Waals surface area contributed by atoms with E-state index < -0.39 is 0 Å². The summed E-state index contributed by atoms with van der Waals surface area (Å²) < 4.78 is 0. The molecule has 2 rings (SSSR count). The Morgan fingerprint density at radius 2 is 1.83 bits per heavy atom. The largest absolute Gasteiger partial charge is 0.271 e. The molecule has 0 spiro atoms. The molecule has 1 fully saturated rings. The highest BCUT2D eigenvalue weighted by molar-refractivity contribution is 5.25. The summed E-state index contributed by atoms with van der Waals surface area (Å²) in [5.41, 5.74) is 6.47. The first kappa shape index (κ1) is 13.6. The Bertz CT molecular complexity index is 420. The van der Waals surface area contributed by atoms with Crippen LogP contribution < -0.4 is 11.3 Å². The van der Waals surface area contributed by atoms with Gasteiger partial charge in [0.25, 0.3) is 0 Å². The molecule has 0 amide bonds. The lowest BCUT2D eigenvalue weighted by atomic mass is 9.96. The maximum absolute atomic E-state index is 5.79. The number of hydrogen-bond acceptors (Lipinski definition) is 2. The molecule has 1 aliphatic carbocycles. The first-order valence-corrected chi connectivity index (χ1v) is 6.82. The predicted octanol–water partition coefficient (Wildman–Crippen LogP) is 3.05. The minimum absolute atomic E-state index is 0.358. The monoisotopic (exact) mass is 246 g/mol. The molecule has 1 aliphatic rings. The first-order chi connectivity index (χ1) is 8.30. The van der Waals surface area contributed by atoms with Gasteiger partial charge in [0, 0.05) is 6.04 Å². The van der Waals surface area contributed by atoms with E-state index in [1.54, 1.807) is 0 Å². The van der Waals surface area contributed by atoms with E-state index in [1.807, 2.05) is 0 Å². The third-order valence-corrected chi connectivity index (χ3v) is 5.29. The minimum atomic E-state index is 0.358.